The van der Waals surface area contributed by atoms with Crippen LogP contribution in [0.25, 0.3) is 21.9 Å². The monoisotopic (exact) mass is 628 g/mol. The molecule has 6 aromatic rings. The minimum Gasteiger partial charge on any atom is -0.506 e. The number of nitrogens with zero attached hydrogens (tertiary/aromatic N) is 2. The third-order valence-corrected chi connectivity index (χ3v) is 7.76. The van der Waals surface area contributed by atoms with Crippen molar-refractivity contribution in [1.82, 2.24) is 10.9 Å². The SMILES string of the molecule is C/C(=N\NCc1ccccc1)c1c(O)c2cc(Cc3ccc4oc(=O)c(/C(C)=N/NCc5ccccc5)c(O)c4c3)ccc2oc1=O. The quantitative estimate of drug-likeness (QED) is 0.0829. The molecule has 0 aliphatic rings. The van der Waals surface area contributed by atoms with E-state index in [1.807, 2.05) is 60.7 Å². The van der Waals surface area contributed by atoms with E-state index in [9.17, 15) is 19.8 Å². The summed E-state index contributed by atoms with van der Waals surface area (Å²) in [5.41, 5.74) is 9.14. The van der Waals surface area contributed by atoms with Crippen LogP contribution in [0.2, 0.25) is 0 Å². The summed E-state index contributed by atoms with van der Waals surface area (Å²) in [4.78, 5) is 25.6. The molecule has 0 aliphatic heterocycles. The highest BCUT2D eigenvalue weighted by Gasteiger charge is 2.19. The normalized spacial score (nSPS) is 12.0. The van der Waals surface area contributed by atoms with Gasteiger partial charge in [0.15, 0.2) is 0 Å². The third-order valence-electron chi connectivity index (χ3n) is 7.76. The highest BCUT2D eigenvalue weighted by atomic mass is 16.4. The zero-order chi connectivity index (χ0) is 32.9. The molecule has 0 amide bonds. The lowest BCUT2D eigenvalue weighted by Gasteiger charge is -2.10. The molecule has 47 heavy (non-hydrogen) atoms. The summed E-state index contributed by atoms with van der Waals surface area (Å²) < 4.78 is 11.0. The fourth-order valence-electron chi connectivity index (χ4n) is 5.36. The Hall–Kier alpha value is -6.16. The van der Waals surface area contributed by atoms with Crippen LogP contribution in [-0.4, -0.2) is 21.6 Å². The molecule has 0 aliphatic carbocycles. The molecule has 236 valence electrons. The molecular weight excluding hydrogens is 596 g/mol. The fraction of sp³-hybridized carbons (Fsp3) is 0.135. The number of fused-ring (bicyclic) bond motifs is 2. The van der Waals surface area contributed by atoms with Crippen LogP contribution in [-0.2, 0) is 19.5 Å². The van der Waals surface area contributed by atoms with Gasteiger partial charge >= 0.3 is 11.3 Å². The van der Waals surface area contributed by atoms with Gasteiger partial charge in [0.05, 0.1) is 35.3 Å². The summed E-state index contributed by atoms with van der Waals surface area (Å²) in [5.74, 6) is -0.446. The summed E-state index contributed by atoms with van der Waals surface area (Å²) in [7, 11) is 0. The Bertz CT molecular complexity index is 2100. The predicted molar refractivity (Wildman–Crippen MR) is 182 cm³/mol. The van der Waals surface area contributed by atoms with E-state index in [1.54, 1.807) is 50.2 Å². The van der Waals surface area contributed by atoms with Gasteiger partial charge in [0.1, 0.15) is 33.8 Å². The zero-order valence-electron chi connectivity index (χ0n) is 25.8. The van der Waals surface area contributed by atoms with E-state index in [0.29, 0.717) is 30.3 Å². The second kappa shape index (κ2) is 13.5. The Morgan fingerprint density at radius 2 is 1.00 bits per heavy atom. The van der Waals surface area contributed by atoms with E-state index < -0.39 is 11.3 Å². The highest BCUT2D eigenvalue weighted by Crippen LogP contribution is 2.31. The first-order chi connectivity index (χ1) is 22.8. The average Bonchev–Trinajstić information content (AvgIpc) is 3.06. The molecule has 10 heteroatoms. The van der Waals surface area contributed by atoms with Crippen LogP contribution in [0.5, 0.6) is 11.5 Å². The lowest BCUT2D eigenvalue weighted by molar-refractivity contribution is 0.465. The second-order valence-electron chi connectivity index (χ2n) is 11.1. The topological polar surface area (TPSA) is 150 Å². The maximum atomic E-state index is 12.8. The fourth-order valence-corrected chi connectivity index (χ4v) is 5.36. The van der Waals surface area contributed by atoms with Gasteiger partial charge < -0.3 is 29.9 Å². The van der Waals surface area contributed by atoms with Gasteiger partial charge in [-0.15, -0.1) is 0 Å². The molecule has 0 radical (unpaired) electrons. The van der Waals surface area contributed by atoms with E-state index in [2.05, 4.69) is 21.1 Å². The number of nitrogens with one attached hydrogen (secondary N) is 2. The van der Waals surface area contributed by atoms with Crippen molar-refractivity contribution in [1.29, 1.82) is 0 Å². The van der Waals surface area contributed by atoms with Crippen molar-refractivity contribution in [3.63, 3.8) is 0 Å². The molecule has 0 unspecified atom stereocenters. The first-order valence-corrected chi connectivity index (χ1v) is 15.0. The Morgan fingerprint density at radius 3 is 1.40 bits per heavy atom. The molecule has 2 aromatic heterocycles. The number of hydrogen-bond acceptors (Lipinski definition) is 10. The van der Waals surface area contributed by atoms with Crippen LogP contribution in [0.4, 0.5) is 0 Å². The van der Waals surface area contributed by atoms with Crippen molar-refractivity contribution in [3.05, 3.63) is 151 Å². The molecule has 2 heterocycles. The van der Waals surface area contributed by atoms with Crippen LogP contribution >= 0.6 is 0 Å². The lowest BCUT2D eigenvalue weighted by Crippen LogP contribution is -2.16. The van der Waals surface area contributed by atoms with Crippen LogP contribution in [0.3, 0.4) is 0 Å². The van der Waals surface area contributed by atoms with Gasteiger partial charge in [0.25, 0.3) is 0 Å². The second-order valence-corrected chi connectivity index (χ2v) is 11.1. The minimum absolute atomic E-state index is 0.0244. The molecule has 0 saturated carbocycles. The number of aromatic hydroxyl groups is 2. The van der Waals surface area contributed by atoms with Crippen molar-refractivity contribution in [3.8, 4) is 11.5 Å². The lowest BCUT2D eigenvalue weighted by atomic mass is 9.99. The molecule has 4 N–H and O–H groups in total. The van der Waals surface area contributed by atoms with Gasteiger partial charge in [-0.05, 0) is 66.8 Å². The van der Waals surface area contributed by atoms with Crippen molar-refractivity contribution in [2.45, 2.75) is 33.4 Å². The van der Waals surface area contributed by atoms with Crippen LogP contribution in [0.15, 0.2) is 126 Å². The maximum absolute atomic E-state index is 12.8. The summed E-state index contributed by atoms with van der Waals surface area (Å²) in [6, 6.07) is 29.7. The van der Waals surface area contributed by atoms with Crippen LogP contribution < -0.4 is 22.1 Å². The largest absolute Gasteiger partial charge is 0.506 e. The number of hydrazone groups is 2. The molecule has 0 saturated heterocycles. The number of rotatable bonds is 10. The van der Waals surface area contributed by atoms with E-state index in [0.717, 1.165) is 22.3 Å². The molecule has 0 spiro atoms. The summed E-state index contributed by atoms with van der Waals surface area (Å²) in [5, 5.41) is 31.6. The van der Waals surface area contributed by atoms with Gasteiger partial charge in [-0.2, -0.15) is 10.2 Å². The standard InChI is InChI=1S/C37H32N4O6/c1-22(40-38-20-24-9-5-3-6-10-24)32-34(42)28-18-26(13-15-30(28)46-36(32)44)17-27-14-16-31-29(19-27)35(43)33(37(45)47-31)23(2)41-39-21-25-11-7-4-8-12-25/h3-16,18-19,38-39,42-43H,17,20-21H2,1-2H3/b40-22+,41-23+. The summed E-state index contributed by atoms with van der Waals surface area (Å²) >= 11 is 0. The van der Waals surface area contributed by atoms with Crippen LogP contribution in [0.1, 0.15) is 47.2 Å². The van der Waals surface area contributed by atoms with E-state index >= 15 is 0 Å². The van der Waals surface area contributed by atoms with Gasteiger partial charge in [-0.3, -0.25) is 0 Å². The smallest absolute Gasteiger partial charge is 0.349 e. The number of hydrogen-bond donors (Lipinski definition) is 4. The van der Waals surface area contributed by atoms with E-state index in [-0.39, 0.29) is 45.2 Å². The zero-order valence-corrected chi connectivity index (χ0v) is 25.8. The average molecular weight is 629 g/mol. The first kappa shape index (κ1) is 30.8. The molecule has 0 bridgehead atoms. The summed E-state index contributed by atoms with van der Waals surface area (Å²) in [6.45, 7) is 4.15. The molecule has 10 nitrogen and oxygen atoms in total. The molecule has 4 aromatic carbocycles. The Balaban J connectivity index is 1.26. The van der Waals surface area contributed by atoms with Gasteiger partial charge in [-0.25, -0.2) is 9.59 Å². The Kier molecular flexibility index (Phi) is 8.83. The van der Waals surface area contributed by atoms with Crippen LogP contribution in [0, 0.1) is 0 Å². The van der Waals surface area contributed by atoms with E-state index in [1.165, 1.54) is 0 Å². The maximum Gasteiger partial charge on any atom is 0.349 e. The minimum atomic E-state index is -0.693. The van der Waals surface area contributed by atoms with Crippen molar-refractivity contribution >= 4 is 33.4 Å². The first-order valence-electron chi connectivity index (χ1n) is 15.0. The van der Waals surface area contributed by atoms with Gasteiger partial charge in [0.2, 0.25) is 0 Å². The van der Waals surface area contributed by atoms with Crippen molar-refractivity contribution in [2.75, 3.05) is 0 Å². The van der Waals surface area contributed by atoms with Crippen molar-refractivity contribution in [2.24, 2.45) is 10.2 Å². The third kappa shape index (κ3) is 6.76. The molecule has 0 fully saturated rings. The Labute approximate surface area is 269 Å². The Morgan fingerprint density at radius 1 is 0.596 bits per heavy atom. The molecular formula is C37H32N4O6. The molecule has 6 rings (SSSR count). The predicted octanol–water partition coefficient (Wildman–Crippen LogP) is 5.93. The van der Waals surface area contributed by atoms with Gasteiger partial charge in [0, 0.05) is 0 Å². The van der Waals surface area contributed by atoms with Crippen molar-refractivity contribution < 1.29 is 19.0 Å². The van der Waals surface area contributed by atoms with E-state index in [4.69, 9.17) is 8.83 Å². The van der Waals surface area contributed by atoms with Gasteiger partial charge in [-0.1, -0.05) is 72.8 Å². The highest BCUT2D eigenvalue weighted by molar-refractivity contribution is 6.05. The summed E-state index contributed by atoms with van der Waals surface area (Å²) in [6.07, 6.45) is 0.408. The number of benzene rings is 4. The molecule has 0 atom stereocenters.